The molecule has 2 rings (SSSR count). The molecule has 0 aliphatic rings. The van der Waals surface area contributed by atoms with E-state index in [0.717, 1.165) is 24.0 Å². The predicted octanol–water partition coefficient (Wildman–Crippen LogP) is 1.82. The number of fused-ring (bicyclic) bond motifs is 1. The number of hydrogen-bond acceptors (Lipinski definition) is 3. The molecule has 0 radical (unpaired) electrons. The second-order valence-electron chi connectivity index (χ2n) is 4.36. The zero-order chi connectivity index (χ0) is 13.7. The molecule has 0 atom stereocenters. The first kappa shape index (κ1) is 13.5. The van der Waals surface area contributed by atoms with Crippen LogP contribution < -0.4 is 5.32 Å². The highest BCUT2D eigenvalue weighted by Crippen LogP contribution is 2.19. The van der Waals surface area contributed by atoms with E-state index in [0.29, 0.717) is 18.7 Å². The van der Waals surface area contributed by atoms with Gasteiger partial charge in [-0.2, -0.15) is 0 Å². The van der Waals surface area contributed by atoms with Crippen molar-refractivity contribution in [2.24, 2.45) is 0 Å². The monoisotopic (exact) mass is 261 g/mol. The first-order valence-electron chi connectivity index (χ1n) is 6.49. The molecule has 1 amide bonds. The number of hydrogen-bond donors (Lipinski definition) is 1. The van der Waals surface area contributed by atoms with Crippen LogP contribution in [0.1, 0.15) is 23.7 Å². The average molecular weight is 261 g/mol. The van der Waals surface area contributed by atoms with Crippen LogP contribution in [0.2, 0.25) is 0 Å². The van der Waals surface area contributed by atoms with Gasteiger partial charge in [0.05, 0.1) is 12.2 Å². The number of nitrogens with zero attached hydrogens (tertiary/aromatic N) is 2. The van der Waals surface area contributed by atoms with Gasteiger partial charge in [-0.25, -0.2) is 4.98 Å². The Hall–Kier alpha value is -1.88. The van der Waals surface area contributed by atoms with Gasteiger partial charge in [-0.15, -0.1) is 0 Å². The summed E-state index contributed by atoms with van der Waals surface area (Å²) in [4.78, 5) is 16.5. The molecular weight excluding hydrogens is 242 g/mol. The normalized spacial score (nSPS) is 10.8. The number of carbonyl (C=O) groups excluding carboxylic acids is 1. The molecule has 5 nitrogen and oxygen atoms in total. The van der Waals surface area contributed by atoms with Gasteiger partial charge in [0.2, 0.25) is 0 Å². The molecule has 0 aromatic carbocycles. The van der Waals surface area contributed by atoms with E-state index in [1.165, 1.54) is 0 Å². The van der Waals surface area contributed by atoms with E-state index in [2.05, 4.69) is 17.2 Å². The predicted molar refractivity (Wildman–Crippen MR) is 74.2 cm³/mol. The maximum atomic E-state index is 12.1. The first-order chi connectivity index (χ1) is 9.27. The highest BCUT2D eigenvalue weighted by molar-refractivity contribution is 6.06. The van der Waals surface area contributed by atoms with Gasteiger partial charge in [-0.3, -0.25) is 4.79 Å². The van der Waals surface area contributed by atoms with Crippen LogP contribution >= 0.6 is 0 Å². The van der Waals surface area contributed by atoms with Crippen molar-refractivity contribution in [3.63, 3.8) is 0 Å². The molecule has 2 heterocycles. The van der Waals surface area contributed by atoms with Gasteiger partial charge in [0.25, 0.3) is 5.91 Å². The molecule has 0 unspecified atom stereocenters. The maximum Gasteiger partial charge on any atom is 0.253 e. The Morgan fingerprint density at radius 3 is 3.11 bits per heavy atom. The number of ether oxygens (including phenoxy) is 1. The lowest BCUT2D eigenvalue weighted by Gasteiger charge is -2.02. The molecule has 0 aliphatic heterocycles. The Bertz CT molecular complexity index is 563. The van der Waals surface area contributed by atoms with Gasteiger partial charge in [-0.05, 0) is 18.6 Å². The smallest absolute Gasteiger partial charge is 0.253 e. The van der Waals surface area contributed by atoms with Gasteiger partial charge >= 0.3 is 0 Å². The summed E-state index contributed by atoms with van der Waals surface area (Å²) in [6.07, 6.45) is 4.63. The fraction of sp³-hybridized carbons (Fsp3) is 0.429. The topological polar surface area (TPSA) is 56.2 Å². The molecule has 0 bridgehead atoms. The standard InChI is InChI=1S/C14H19N3O2/c1-3-8-17-10-12(14(18)16-7-9-19-2)11-5-4-6-15-13(11)17/h4-6,10H,3,7-9H2,1-2H3,(H,16,18). The van der Waals surface area contributed by atoms with Crippen LogP contribution in [0.5, 0.6) is 0 Å². The van der Waals surface area contributed by atoms with E-state index >= 15 is 0 Å². The van der Waals surface area contributed by atoms with Crippen LogP contribution in [0.3, 0.4) is 0 Å². The molecule has 2 aromatic heterocycles. The summed E-state index contributed by atoms with van der Waals surface area (Å²) in [6, 6.07) is 3.78. The van der Waals surface area contributed by atoms with Crippen LogP contribution in [-0.4, -0.2) is 35.7 Å². The van der Waals surface area contributed by atoms with Gasteiger partial charge in [0.1, 0.15) is 5.65 Å². The van der Waals surface area contributed by atoms with Crippen molar-refractivity contribution in [1.29, 1.82) is 0 Å². The third-order valence-electron chi connectivity index (χ3n) is 2.93. The molecule has 0 saturated heterocycles. The lowest BCUT2D eigenvalue weighted by molar-refractivity contribution is 0.0938. The summed E-state index contributed by atoms with van der Waals surface area (Å²) in [7, 11) is 1.61. The Kier molecular flexibility index (Phi) is 4.52. The van der Waals surface area contributed by atoms with Gasteiger partial charge in [0, 0.05) is 38.0 Å². The number of aryl methyl sites for hydroxylation is 1. The fourth-order valence-corrected chi connectivity index (χ4v) is 2.08. The van der Waals surface area contributed by atoms with E-state index in [9.17, 15) is 4.79 Å². The zero-order valence-electron chi connectivity index (χ0n) is 11.3. The zero-order valence-corrected chi connectivity index (χ0v) is 11.3. The van der Waals surface area contributed by atoms with Crippen molar-refractivity contribution in [1.82, 2.24) is 14.9 Å². The molecule has 0 spiro atoms. The maximum absolute atomic E-state index is 12.1. The van der Waals surface area contributed by atoms with E-state index < -0.39 is 0 Å². The fourth-order valence-electron chi connectivity index (χ4n) is 2.08. The van der Waals surface area contributed by atoms with Gasteiger partial charge < -0.3 is 14.6 Å². The van der Waals surface area contributed by atoms with Crippen molar-refractivity contribution >= 4 is 16.9 Å². The second kappa shape index (κ2) is 6.33. The number of methoxy groups -OCH3 is 1. The molecule has 1 N–H and O–H groups in total. The highest BCUT2D eigenvalue weighted by atomic mass is 16.5. The van der Waals surface area contributed by atoms with E-state index in [1.54, 1.807) is 13.3 Å². The summed E-state index contributed by atoms with van der Waals surface area (Å²) < 4.78 is 6.96. The second-order valence-corrected chi connectivity index (χ2v) is 4.36. The van der Waals surface area contributed by atoms with Crippen molar-refractivity contribution in [2.75, 3.05) is 20.3 Å². The SMILES string of the molecule is CCCn1cc(C(=O)NCCOC)c2cccnc21. The lowest BCUT2D eigenvalue weighted by Crippen LogP contribution is -2.26. The van der Waals surface area contributed by atoms with Gasteiger partial charge in [0.15, 0.2) is 0 Å². The number of rotatable bonds is 6. The molecule has 0 aliphatic carbocycles. The summed E-state index contributed by atoms with van der Waals surface area (Å²) in [5.74, 6) is -0.0788. The molecule has 2 aromatic rings. The minimum absolute atomic E-state index is 0.0788. The number of nitrogens with one attached hydrogen (secondary N) is 1. The Balaban J connectivity index is 2.29. The molecular formula is C14H19N3O2. The van der Waals surface area contributed by atoms with Gasteiger partial charge in [-0.1, -0.05) is 6.92 Å². The van der Waals surface area contributed by atoms with Crippen molar-refractivity contribution in [3.05, 3.63) is 30.1 Å². The van der Waals surface area contributed by atoms with Crippen LogP contribution in [0.15, 0.2) is 24.5 Å². The minimum atomic E-state index is -0.0788. The third-order valence-corrected chi connectivity index (χ3v) is 2.93. The Morgan fingerprint density at radius 2 is 2.37 bits per heavy atom. The average Bonchev–Trinajstić information content (AvgIpc) is 2.79. The largest absolute Gasteiger partial charge is 0.383 e. The number of aromatic nitrogens is 2. The minimum Gasteiger partial charge on any atom is -0.383 e. The third kappa shape index (κ3) is 2.93. The summed E-state index contributed by atoms with van der Waals surface area (Å²) in [5, 5.41) is 3.74. The molecule has 102 valence electrons. The highest BCUT2D eigenvalue weighted by Gasteiger charge is 2.14. The Morgan fingerprint density at radius 1 is 1.53 bits per heavy atom. The van der Waals surface area contributed by atoms with E-state index in [4.69, 9.17) is 4.74 Å². The lowest BCUT2D eigenvalue weighted by atomic mass is 10.2. The number of amides is 1. The van der Waals surface area contributed by atoms with Crippen LogP contribution in [-0.2, 0) is 11.3 Å². The van der Waals surface area contributed by atoms with E-state index in [1.807, 2.05) is 22.9 Å². The molecule has 5 heteroatoms. The Labute approximate surface area is 112 Å². The van der Waals surface area contributed by atoms with Crippen LogP contribution in [0, 0.1) is 0 Å². The first-order valence-corrected chi connectivity index (χ1v) is 6.49. The molecule has 0 saturated carbocycles. The molecule has 19 heavy (non-hydrogen) atoms. The van der Waals surface area contributed by atoms with Crippen LogP contribution in [0.25, 0.3) is 11.0 Å². The quantitative estimate of drug-likeness (QED) is 0.807. The van der Waals surface area contributed by atoms with Crippen molar-refractivity contribution in [3.8, 4) is 0 Å². The summed E-state index contributed by atoms with van der Waals surface area (Å²) in [5.41, 5.74) is 1.54. The van der Waals surface area contributed by atoms with Crippen molar-refractivity contribution < 1.29 is 9.53 Å². The number of pyridine rings is 1. The van der Waals surface area contributed by atoms with Crippen molar-refractivity contribution in [2.45, 2.75) is 19.9 Å². The molecule has 0 fully saturated rings. The summed E-state index contributed by atoms with van der Waals surface area (Å²) >= 11 is 0. The van der Waals surface area contributed by atoms with E-state index in [-0.39, 0.29) is 5.91 Å². The number of carbonyl (C=O) groups is 1. The van der Waals surface area contributed by atoms with Crippen LogP contribution in [0.4, 0.5) is 0 Å². The summed E-state index contributed by atoms with van der Waals surface area (Å²) in [6.45, 7) is 3.99.